The summed E-state index contributed by atoms with van der Waals surface area (Å²) < 4.78 is 13.4. The average molecular weight is 366 g/mol. The molecular formula is C23H27FN2O. The second-order valence-corrected chi connectivity index (χ2v) is 7.99. The van der Waals surface area contributed by atoms with Crippen molar-refractivity contribution in [1.29, 1.82) is 5.26 Å². The largest absolute Gasteiger partial charge is 0.507 e. The number of phenolic OH excluding ortho intramolecular Hbond substituents is 1. The Morgan fingerprint density at radius 1 is 1.19 bits per heavy atom. The maximum atomic E-state index is 13.4. The van der Waals surface area contributed by atoms with Crippen LogP contribution in [0.25, 0.3) is 11.1 Å². The lowest BCUT2D eigenvalue weighted by Gasteiger charge is -2.43. The lowest BCUT2D eigenvalue weighted by molar-refractivity contribution is 0.0616. The van der Waals surface area contributed by atoms with Crippen LogP contribution in [-0.2, 0) is 6.54 Å². The summed E-state index contributed by atoms with van der Waals surface area (Å²) in [6.45, 7) is 7.14. The van der Waals surface area contributed by atoms with Gasteiger partial charge in [-0.05, 0) is 66.6 Å². The second kappa shape index (κ2) is 8.10. The highest BCUT2D eigenvalue weighted by molar-refractivity contribution is 5.70. The molecule has 0 atom stereocenters. The molecule has 1 heterocycles. The highest BCUT2D eigenvalue weighted by Crippen LogP contribution is 2.42. The Balaban J connectivity index is 1.67. The molecule has 4 heteroatoms. The molecule has 1 aliphatic rings. The molecule has 0 saturated carbocycles. The van der Waals surface area contributed by atoms with Gasteiger partial charge >= 0.3 is 0 Å². The van der Waals surface area contributed by atoms with Crippen molar-refractivity contribution in [2.75, 3.05) is 13.1 Å². The molecule has 3 rings (SSSR count). The molecule has 2 aromatic rings. The average Bonchev–Trinajstić information content (AvgIpc) is 2.63. The minimum absolute atomic E-state index is 0.134. The zero-order valence-electron chi connectivity index (χ0n) is 16.1. The first-order chi connectivity index (χ1) is 12.9. The highest BCUT2D eigenvalue weighted by atomic mass is 19.1. The molecular weight excluding hydrogens is 339 g/mol. The molecule has 0 amide bonds. The van der Waals surface area contributed by atoms with E-state index in [1.807, 2.05) is 12.1 Å². The molecule has 0 unspecified atom stereocenters. The molecule has 1 saturated heterocycles. The fraction of sp³-hybridized carbons (Fsp3) is 0.435. The third-order valence-corrected chi connectivity index (χ3v) is 6.11. The molecule has 142 valence electrons. The van der Waals surface area contributed by atoms with Gasteiger partial charge in [-0.2, -0.15) is 5.26 Å². The summed E-state index contributed by atoms with van der Waals surface area (Å²) >= 11 is 0. The molecule has 1 fully saturated rings. The van der Waals surface area contributed by atoms with Gasteiger partial charge in [0, 0.05) is 18.5 Å². The van der Waals surface area contributed by atoms with Crippen molar-refractivity contribution < 1.29 is 9.50 Å². The zero-order valence-corrected chi connectivity index (χ0v) is 16.1. The number of hydrogen-bond acceptors (Lipinski definition) is 3. The normalized spacial score (nSPS) is 17.0. The van der Waals surface area contributed by atoms with Crippen LogP contribution in [0.1, 0.15) is 38.7 Å². The number of aromatic hydroxyl groups is 1. The van der Waals surface area contributed by atoms with E-state index in [4.69, 9.17) is 0 Å². The fourth-order valence-corrected chi connectivity index (χ4v) is 4.11. The van der Waals surface area contributed by atoms with E-state index in [0.717, 1.165) is 38.0 Å². The third-order valence-electron chi connectivity index (χ3n) is 6.11. The van der Waals surface area contributed by atoms with Crippen LogP contribution >= 0.6 is 0 Å². The van der Waals surface area contributed by atoms with Gasteiger partial charge in [-0.25, -0.2) is 4.39 Å². The maximum absolute atomic E-state index is 13.4. The van der Waals surface area contributed by atoms with E-state index < -0.39 is 0 Å². The number of nitriles is 1. The van der Waals surface area contributed by atoms with Crippen LogP contribution in [0.3, 0.4) is 0 Å². The van der Waals surface area contributed by atoms with E-state index in [2.05, 4.69) is 24.8 Å². The molecule has 27 heavy (non-hydrogen) atoms. The van der Waals surface area contributed by atoms with Gasteiger partial charge in [0.1, 0.15) is 11.6 Å². The van der Waals surface area contributed by atoms with Crippen molar-refractivity contribution >= 4 is 0 Å². The molecule has 2 aromatic carbocycles. The van der Waals surface area contributed by atoms with Crippen LogP contribution in [0, 0.1) is 28.5 Å². The predicted octanol–water partition coefficient (Wildman–Crippen LogP) is 5.35. The Hall–Kier alpha value is -2.38. The molecule has 3 nitrogen and oxygen atoms in total. The van der Waals surface area contributed by atoms with Crippen molar-refractivity contribution in [3.63, 3.8) is 0 Å². The first kappa shape index (κ1) is 19.4. The van der Waals surface area contributed by atoms with E-state index in [1.54, 1.807) is 18.2 Å². The highest BCUT2D eigenvalue weighted by Gasteiger charge is 2.37. The van der Waals surface area contributed by atoms with Gasteiger partial charge in [0.25, 0.3) is 0 Å². The molecule has 0 aliphatic carbocycles. The third kappa shape index (κ3) is 4.31. The Morgan fingerprint density at radius 3 is 2.52 bits per heavy atom. The zero-order chi connectivity index (χ0) is 19.4. The quantitative estimate of drug-likeness (QED) is 0.776. The lowest BCUT2D eigenvalue weighted by Crippen LogP contribution is -2.42. The van der Waals surface area contributed by atoms with Gasteiger partial charge in [0.2, 0.25) is 0 Å². The summed E-state index contributed by atoms with van der Waals surface area (Å²) in [5, 5.41) is 19.6. The number of benzene rings is 2. The van der Waals surface area contributed by atoms with Crippen LogP contribution < -0.4 is 0 Å². The second-order valence-electron chi connectivity index (χ2n) is 7.99. The molecule has 0 aromatic heterocycles. The predicted molar refractivity (Wildman–Crippen MR) is 106 cm³/mol. The van der Waals surface area contributed by atoms with Crippen molar-refractivity contribution in [3.05, 3.63) is 53.8 Å². The van der Waals surface area contributed by atoms with E-state index in [-0.39, 0.29) is 17.0 Å². The molecule has 0 spiro atoms. The van der Waals surface area contributed by atoms with Crippen LogP contribution in [0.5, 0.6) is 5.75 Å². The van der Waals surface area contributed by atoms with Crippen molar-refractivity contribution in [1.82, 2.24) is 4.90 Å². The van der Waals surface area contributed by atoms with Crippen molar-refractivity contribution in [2.45, 2.75) is 39.7 Å². The Kier molecular flexibility index (Phi) is 5.82. The number of hydrogen-bond donors (Lipinski definition) is 1. The van der Waals surface area contributed by atoms with Crippen LogP contribution in [0.2, 0.25) is 0 Å². The minimum atomic E-state index is -0.310. The summed E-state index contributed by atoms with van der Waals surface area (Å²) in [6, 6.07) is 14.3. The topological polar surface area (TPSA) is 47.3 Å². The van der Waals surface area contributed by atoms with Gasteiger partial charge < -0.3 is 5.11 Å². The Bertz CT molecular complexity index is 833. The number of rotatable bonds is 5. The van der Waals surface area contributed by atoms with E-state index in [0.29, 0.717) is 23.5 Å². The number of halogens is 1. The van der Waals surface area contributed by atoms with Gasteiger partial charge in [-0.1, -0.05) is 38.1 Å². The minimum Gasteiger partial charge on any atom is -0.507 e. The summed E-state index contributed by atoms with van der Waals surface area (Å²) in [4.78, 5) is 2.38. The van der Waals surface area contributed by atoms with Crippen molar-refractivity contribution in [3.8, 4) is 22.9 Å². The van der Waals surface area contributed by atoms with E-state index in [1.165, 1.54) is 12.1 Å². The van der Waals surface area contributed by atoms with Gasteiger partial charge in [0.15, 0.2) is 0 Å². The van der Waals surface area contributed by atoms with Crippen LogP contribution in [0.4, 0.5) is 4.39 Å². The van der Waals surface area contributed by atoms with Crippen molar-refractivity contribution in [2.24, 2.45) is 11.3 Å². The Labute approximate surface area is 161 Å². The van der Waals surface area contributed by atoms with Gasteiger partial charge in [-0.15, -0.1) is 0 Å². The molecule has 0 radical (unpaired) electrons. The first-order valence-electron chi connectivity index (χ1n) is 9.61. The van der Waals surface area contributed by atoms with E-state index in [9.17, 15) is 14.8 Å². The monoisotopic (exact) mass is 366 g/mol. The van der Waals surface area contributed by atoms with Gasteiger partial charge in [0.05, 0.1) is 6.07 Å². The number of piperidine rings is 1. The van der Waals surface area contributed by atoms with Crippen LogP contribution in [0.15, 0.2) is 42.5 Å². The maximum Gasteiger partial charge on any atom is 0.123 e. The molecule has 0 bridgehead atoms. The molecule has 1 aliphatic heterocycles. The fourth-order valence-electron chi connectivity index (χ4n) is 4.11. The molecule has 1 N–H and O–H groups in total. The summed E-state index contributed by atoms with van der Waals surface area (Å²) in [5.41, 5.74) is 2.50. The number of nitrogens with zero attached hydrogens (tertiary/aromatic N) is 2. The first-order valence-corrected chi connectivity index (χ1v) is 9.61. The lowest BCUT2D eigenvalue weighted by atomic mass is 9.68. The smallest absolute Gasteiger partial charge is 0.123 e. The summed E-state index contributed by atoms with van der Waals surface area (Å²) in [7, 11) is 0. The Morgan fingerprint density at radius 2 is 1.93 bits per heavy atom. The standard InChI is InChI=1S/C23H27FN2O/c1-17(2)23(8-11-25)9-12-26(13-10-23)16-18-6-7-21(22(27)14-18)19-4-3-5-20(24)15-19/h3-7,14-15,17,27H,8-10,12-13,16H2,1-2H3. The SMILES string of the molecule is CC(C)C1(CC#N)CCN(Cc2ccc(-c3cccc(F)c3)c(O)c2)CC1. The number of likely N-dealkylation sites (tertiary alicyclic amines) is 1. The van der Waals surface area contributed by atoms with E-state index >= 15 is 0 Å². The van der Waals surface area contributed by atoms with Crippen LogP contribution in [-0.4, -0.2) is 23.1 Å². The van der Waals surface area contributed by atoms with Gasteiger partial charge in [-0.3, -0.25) is 4.90 Å². The summed E-state index contributed by atoms with van der Waals surface area (Å²) in [6.07, 6.45) is 2.69. The summed E-state index contributed by atoms with van der Waals surface area (Å²) in [5.74, 6) is 0.375. The number of phenols is 1.